The summed E-state index contributed by atoms with van der Waals surface area (Å²) in [6, 6.07) is 6.58. The van der Waals surface area contributed by atoms with Crippen molar-refractivity contribution >= 4 is 17.6 Å². The van der Waals surface area contributed by atoms with Gasteiger partial charge < -0.3 is 15.5 Å². The number of aryl methyl sites for hydroxylation is 1. The molecule has 1 heterocycles. The molecule has 1 aromatic carbocycles. The largest absolute Gasteiger partial charge is 0.480 e. The van der Waals surface area contributed by atoms with Gasteiger partial charge in [0, 0.05) is 18.7 Å². The molecule has 1 fully saturated rings. The quantitative estimate of drug-likeness (QED) is 0.744. The van der Waals surface area contributed by atoms with Crippen LogP contribution in [-0.2, 0) is 9.59 Å². The number of aliphatic carboxylic acids is 1. The predicted octanol–water partition coefficient (Wildman–Crippen LogP) is 0.453. The van der Waals surface area contributed by atoms with Crippen molar-refractivity contribution in [2.45, 2.75) is 25.5 Å². The molecule has 6 nitrogen and oxygen atoms in total. The fourth-order valence-corrected chi connectivity index (χ4v) is 2.40. The van der Waals surface area contributed by atoms with Gasteiger partial charge in [-0.15, -0.1) is 0 Å². The molecular formula is C14H18N2O4. The molecule has 2 unspecified atom stereocenters. The van der Waals surface area contributed by atoms with Gasteiger partial charge in [0.25, 0.3) is 0 Å². The number of carboxylic acids is 1. The highest BCUT2D eigenvalue weighted by atomic mass is 16.4. The van der Waals surface area contributed by atoms with Gasteiger partial charge in [-0.3, -0.25) is 14.5 Å². The van der Waals surface area contributed by atoms with E-state index in [1.54, 1.807) is 6.07 Å². The van der Waals surface area contributed by atoms with Crippen molar-refractivity contribution in [1.29, 1.82) is 0 Å². The van der Waals surface area contributed by atoms with E-state index in [4.69, 9.17) is 5.11 Å². The van der Waals surface area contributed by atoms with E-state index in [0.717, 1.165) is 5.56 Å². The number of carbonyl (C=O) groups excluding carboxylic acids is 1. The van der Waals surface area contributed by atoms with Gasteiger partial charge in [0.2, 0.25) is 5.91 Å². The van der Waals surface area contributed by atoms with E-state index in [0.29, 0.717) is 5.69 Å². The van der Waals surface area contributed by atoms with Crippen LogP contribution in [0, 0.1) is 6.92 Å². The van der Waals surface area contributed by atoms with Gasteiger partial charge in [0.05, 0.1) is 12.6 Å². The van der Waals surface area contributed by atoms with Crippen LogP contribution >= 0.6 is 0 Å². The molecule has 1 aliphatic heterocycles. The van der Waals surface area contributed by atoms with Crippen LogP contribution in [0.15, 0.2) is 24.3 Å². The fourth-order valence-electron chi connectivity index (χ4n) is 2.40. The number of carboxylic acid groups (broad SMARTS) is 1. The molecule has 0 spiro atoms. The third-order valence-electron chi connectivity index (χ3n) is 3.43. The van der Waals surface area contributed by atoms with Crippen molar-refractivity contribution in [1.82, 2.24) is 4.90 Å². The number of β-amino-alcohol motifs (C(OH)–C–C–N with tert-alkyl or cyclic N) is 1. The first-order chi connectivity index (χ1) is 9.47. The number of para-hydroxylation sites is 1. The molecule has 0 aliphatic carbocycles. The molecular weight excluding hydrogens is 260 g/mol. The van der Waals surface area contributed by atoms with E-state index >= 15 is 0 Å². The van der Waals surface area contributed by atoms with Gasteiger partial charge in [-0.05, 0) is 18.6 Å². The molecule has 3 N–H and O–H groups in total. The maximum absolute atomic E-state index is 12.0. The number of benzene rings is 1. The second-order valence-corrected chi connectivity index (χ2v) is 5.04. The molecule has 0 bridgehead atoms. The summed E-state index contributed by atoms with van der Waals surface area (Å²) in [6.45, 7) is 2.05. The van der Waals surface area contributed by atoms with Gasteiger partial charge in [-0.1, -0.05) is 18.2 Å². The summed E-state index contributed by atoms with van der Waals surface area (Å²) >= 11 is 0. The van der Waals surface area contributed by atoms with Gasteiger partial charge in [-0.25, -0.2) is 0 Å². The summed E-state index contributed by atoms with van der Waals surface area (Å²) in [7, 11) is 0. The number of nitrogens with one attached hydrogen (secondary N) is 1. The highest BCUT2D eigenvalue weighted by molar-refractivity contribution is 5.93. The van der Waals surface area contributed by atoms with Gasteiger partial charge in [0.1, 0.15) is 6.04 Å². The number of likely N-dealkylation sites (tertiary alicyclic amines) is 1. The first kappa shape index (κ1) is 14.5. The third-order valence-corrected chi connectivity index (χ3v) is 3.43. The smallest absolute Gasteiger partial charge is 0.321 e. The number of hydrogen-bond acceptors (Lipinski definition) is 4. The Bertz CT molecular complexity index is 518. The highest BCUT2D eigenvalue weighted by Crippen LogP contribution is 2.18. The zero-order valence-electron chi connectivity index (χ0n) is 11.2. The number of anilines is 1. The van der Waals surface area contributed by atoms with E-state index in [-0.39, 0.29) is 25.4 Å². The van der Waals surface area contributed by atoms with Gasteiger partial charge in [-0.2, -0.15) is 0 Å². The van der Waals surface area contributed by atoms with Crippen LogP contribution < -0.4 is 5.32 Å². The summed E-state index contributed by atoms with van der Waals surface area (Å²) in [5, 5.41) is 21.3. The summed E-state index contributed by atoms with van der Waals surface area (Å²) in [6.07, 6.45) is -0.533. The molecule has 2 atom stereocenters. The molecule has 1 aromatic rings. The van der Waals surface area contributed by atoms with Crippen molar-refractivity contribution in [2.24, 2.45) is 0 Å². The number of hydrogen-bond donors (Lipinski definition) is 3. The van der Waals surface area contributed by atoms with Crippen molar-refractivity contribution in [3.05, 3.63) is 29.8 Å². The maximum atomic E-state index is 12.0. The third kappa shape index (κ3) is 3.34. The normalized spacial score (nSPS) is 22.7. The number of rotatable bonds is 4. The lowest BCUT2D eigenvalue weighted by atomic mass is 10.2. The van der Waals surface area contributed by atoms with Crippen LogP contribution in [0.5, 0.6) is 0 Å². The van der Waals surface area contributed by atoms with Crippen LogP contribution in [0.2, 0.25) is 0 Å². The number of carbonyl (C=O) groups is 2. The Hall–Kier alpha value is -1.92. The lowest BCUT2D eigenvalue weighted by Gasteiger charge is -2.20. The molecule has 1 aliphatic rings. The Morgan fingerprint density at radius 2 is 2.10 bits per heavy atom. The van der Waals surface area contributed by atoms with E-state index < -0.39 is 18.1 Å². The molecule has 6 heteroatoms. The molecule has 1 amide bonds. The topological polar surface area (TPSA) is 89.9 Å². The standard InChI is InChI=1S/C14H18N2O4/c1-9-4-2-3-5-11(9)15-13(18)8-16-7-10(17)6-12(16)14(19)20/h2-5,10,12,17H,6-8H2,1H3,(H,15,18)(H,19,20). The van der Waals surface area contributed by atoms with Crippen molar-refractivity contribution in [3.63, 3.8) is 0 Å². The highest BCUT2D eigenvalue weighted by Gasteiger charge is 2.36. The van der Waals surface area contributed by atoms with Gasteiger partial charge in [0.15, 0.2) is 0 Å². The zero-order chi connectivity index (χ0) is 14.7. The SMILES string of the molecule is Cc1ccccc1NC(=O)CN1CC(O)CC1C(=O)O. The molecule has 0 saturated carbocycles. The fraction of sp³-hybridized carbons (Fsp3) is 0.429. The van der Waals surface area contributed by atoms with Crippen LogP contribution in [0.1, 0.15) is 12.0 Å². The second kappa shape index (κ2) is 6.02. The lowest BCUT2D eigenvalue weighted by Crippen LogP contribution is -2.41. The van der Waals surface area contributed by atoms with E-state index in [2.05, 4.69) is 5.32 Å². The van der Waals surface area contributed by atoms with E-state index in [1.165, 1.54) is 4.90 Å². The maximum Gasteiger partial charge on any atom is 0.321 e. The lowest BCUT2D eigenvalue weighted by molar-refractivity contribution is -0.142. The van der Waals surface area contributed by atoms with Crippen molar-refractivity contribution in [2.75, 3.05) is 18.4 Å². The Morgan fingerprint density at radius 3 is 2.75 bits per heavy atom. The minimum atomic E-state index is -1.01. The monoisotopic (exact) mass is 278 g/mol. The molecule has 2 rings (SSSR count). The molecule has 0 aromatic heterocycles. The average molecular weight is 278 g/mol. The van der Waals surface area contributed by atoms with Gasteiger partial charge >= 0.3 is 5.97 Å². The molecule has 108 valence electrons. The van der Waals surface area contributed by atoms with Crippen molar-refractivity contribution < 1.29 is 19.8 Å². The Balaban J connectivity index is 1.98. The first-order valence-corrected chi connectivity index (χ1v) is 6.48. The van der Waals surface area contributed by atoms with Crippen LogP contribution in [0.3, 0.4) is 0 Å². The minimum absolute atomic E-state index is 0.0393. The Kier molecular flexibility index (Phi) is 4.36. The minimum Gasteiger partial charge on any atom is -0.480 e. The number of nitrogens with zero attached hydrogens (tertiary/aromatic N) is 1. The summed E-state index contributed by atoms with van der Waals surface area (Å²) < 4.78 is 0. The molecule has 0 radical (unpaired) electrons. The number of amides is 1. The molecule has 1 saturated heterocycles. The first-order valence-electron chi connectivity index (χ1n) is 6.48. The summed E-state index contributed by atoms with van der Waals surface area (Å²) in [5.41, 5.74) is 1.65. The Labute approximate surface area is 117 Å². The average Bonchev–Trinajstić information content (AvgIpc) is 2.73. The molecule has 20 heavy (non-hydrogen) atoms. The van der Waals surface area contributed by atoms with Crippen LogP contribution in [0.4, 0.5) is 5.69 Å². The number of aliphatic hydroxyl groups is 1. The van der Waals surface area contributed by atoms with Crippen LogP contribution in [-0.4, -0.2) is 52.2 Å². The van der Waals surface area contributed by atoms with Crippen molar-refractivity contribution in [3.8, 4) is 0 Å². The zero-order valence-corrected chi connectivity index (χ0v) is 11.2. The van der Waals surface area contributed by atoms with Crippen LogP contribution in [0.25, 0.3) is 0 Å². The Morgan fingerprint density at radius 1 is 1.40 bits per heavy atom. The second-order valence-electron chi connectivity index (χ2n) is 5.04. The summed E-state index contributed by atoms with van der Waals surface area (Å²) in [4.78, 5) is 24.5. The van der Waals surface area contributed by atoms with E-state index in [9.17, 15) is 14.7 Å². The van der Waals surface area contributed by atoms with E-state index in [1.807, 2.05) is 25.1 Å². The predicted molar refractivity (Wildman–Crippen MR) is 73.4 cm³/mol. The number of aliphatic hydroxyl groups excluding tert-OH is 1. The summed E-state index contributed by atoms with van der Waals surface area (Å²) in [5.74, 6) is -1.29.